The molecule has 3 aliphatic carbocycles. The fourth-order valence-electron chi connectivity index (χ4n) is 5.00. The van der Waals surface area contributed by atoms with Crippen LogP contribution in [-0.4, -0.2) is 54.6 Å². The number of phenols is 1. The molecule has 0 unspecified atom stereocenters. The van der Waals surface area contributed by atoms with Gasteiger partial charge in [-0.25, -0.2) is 0 Å². The zero-order valence-corrected chi connectivity index (χ0v) is 16.8. The summed E-state index contributed by atoms with van der Waals surface area (Å²) in [6.45, 7) is 1.36. The number of aromatic hydroxyl groups is 1. The maximum absolute atomic E-state index is 13.5. The SMILES string of the molecule is C[C@@]1(O)c2cccc(O)c2C(O)=C2C(=O)[C@]3(O)C(O)=C(C(=O)NCl)C(=O)[C@@H](N)[C@@H]3C[C@@H]21. The van der Waals surface area contributed by atoms with Gasteiger partial charge in [-0.05, 0) is 25.0 Å². The van der Waals surface area contributed by atoms with Gasteiger partial charge in [-0.15, -0.1) is 0 Å². The first-order valence-electron chi connectivity index (χ1n) is 9.30. The van der Waals surface area contributed by atoms with Crippen LogP contribution >= 0.6 is 11.8 Å². The fourth-order valence-corrected chi connectivity index (χ4v) is 5.10. The van der Waals surface area contributed by atoms with Crippen molar-refractivity contribution in [3.05, 3.63) is 46.2 Å². The minimum absolute atomic E-state index is 0.134. The lowest BCUT2D eigenvalue weighted by Gasteiger charge is -2.51. The van der Waals surface area contributed by atoms with Gasteiger partial charge in [0, 0.05) is 29.2 Å². The summed E-state index contributed by atoms with van der Waals surface area (Å²) in [4.78, 5) is 39.7. The molecule has 0 spiro atoms. The Morgan fingerprint density at radius 1 is 1.23 bits per heavy atom. The molecule has 0 heterocycles. The highest BCUT2D eigenvalue weighted by Gasteiger charge is 2.65. The van der Waals surface area contributed by atoms with Crippen molar-refractivity contribution < 1.29 is 39.9 Å². The number of carbonyl (C=O) groups excluding carboxylic acids is 3. The average molecular weight is 451 g/mol. The lowest BCUT2D eigenvalue weighted by atomic mass is 9.55. The van der Waals surface area contributed by atoms with Crippen LogP contribution in [0.4, 0.5) is 0 Å². The standard InChI is InChI=1S/C20H19ClN2O8/c1-19(30)6-3-2-4-9(24)10(6)14(25)11-7(19)5-8-13(22)15(26)12(18(29)23-21)17(28)20(8,31)16(11)27/h2-4,7-8,13,24-25,28,30-31H,5,22H2,1H3,(H,23,29)/t7-,8-,13-,19+,20-/m0/s1. The van der Waals surface area contributed by atoms with E-state index >= 15 is 0 Å². The quantitative estimate of drug-likeness (QED) is 0.224. The highest BCUT2D eigenvalue weighted by atomic mass is 35.5. The zero-order valence-electron chi connectivity index (χ0n) is 16.1. The molecule has 10 nitrogen and oxygen atoms in total. The minimum atomic E-state index is -2.83. The Hall–Kier alpha value is -2.92. The number of nitrogens with two attached hydrogens (primary N) is 1. The van der Waals surface area contributed by atoms with E-state index in [1.807, 2.05) is 0 Å². The number of carbonyl (C=O) groups is 3. The Morgan fingerprint density at radius 2 is 1.87 bits per heavy atom. The molecule has 1 aromatic carbocycles. The van der Waals surface area contributed by atoms with E-state index in [0.717, 1.165) is 0 Å². The van der Waals surface area contributed by atoms with Gasteiger partial charge in [-0.1, -0.05) is 12.1 Å². The number of amides is 1. The molecule has 0 radical (unpaired) electrons. The molecule has 164 valence electrons. The third kappa shape index (κ3) is 2.47. The van der Waals surface area contributed by atoms with E-state index < -0.39 is 75.0 Å². The first kappa shape index (κ1) is 21.3. The Balaban J connectivity index is 2.02. The minimum Gasteiger partial charge on any atom is -0.508 e. The Bertz CT molecular complexity index is 1120. The number of hydrogen-bond donors (Lipinski definition) is 7. The molecule has 3 aliphatic rings. The number of fused-ring (bicyclic) bond motifs is 3. The van der Waals surface area contributed by atoms with E-state index in [4.69, 9.17) is 17.5 Å². The number of aliphatic hydroxyl groups excluding tert-OH is 2. The van der Waals surface area contributed by atoms with Crippen LogP contribution in [0.1, 0.15) is 24.5 Å². The second-order valence-corrected chi connectivity index (χ2v) is 8.33. The Morgan fingerprint density at radius 3 is 2.48 bits per heavy atom. The second kappa shape index (κ2) is 6.54. The van der Waals surface area contributed by atoms with Crippen molar-refractivity contribution in [1.82, 2.24) is 4.84 Å². The molecule has 4 rings (SSSR count). The number of Topliss-reactive ketones (excluding diaryl/α,β-unsaturated/α-hetero) is 2. The van der Waals surface area contributed by atoms with Crippen LogP contribution in [-0.2, 0) is 20.0 Å². The van der Waals surface area contributed by atoms with Gasteiger partial charge >= 0.3 is 0 Å². The largest absolute Gasteiger partial charge is 0.508 e. The van der Waals surface area contributed by atoms with E-state index in [-0.39, 0.29) is 17.5 Å². The van der Waals surface area contributed by atoms with Gasteiger partial charge < -0.3 is 31.3 Å². The number of nitrogens with one attached hydrogen (secondary N) is 1. The van der Waals surface area contributed by atoms with E-state index in [0.29, 0.717) is 0 Å². The number of ketones is 2. The van der Waals surface area contributed by atoms with Crippen molar-refractivity contribution in [2.24, 2.45) is 17.6 Å². The van der Waals surface area contributed by atoms with Crippen LogP contribution in [0, 0.1) is 11.8 Å². The van der Waals surface area contributed by atoms with Gasteiger partial charge in [0.25, 0.3) is 5.91 Å². The molecule has 1 amide bonds. The summed E-state index contributed by atoms with van der Waals surface area (Å²) in [6.07, 6.45) is -0.295. The monoisotopic (exact) mass is 450 g/mol. The molecule has 0 aromatic heterocycles. The van der Waals surface area contributed by atoms with Gasteiger partial charge in [0.05, 0.1) is 17.2 Å². The van der Waals surface area contributed by atoms with Crippen LogP contribution in [0.5, 0.6) is 5.75 Å². The van der Waals surface area contributed by atoms with Crippen LogP contribution in [0.15, 0.2) is 35.1 Å². The van der Waals surface area contributed by atoms with Crippen LogP contribution in [0.25, 0.3) is 5.76 Å². The second-order valence-electron chi connectivity index (χ2n) is 8.14. The Kier molecular flexibility index (Phi) is 4.50. The van der Waals surface area contributed by atoms with E-state index in [1.54, 1.807) is 4.84 Å². The summed E-state index contributed by atoms with van der Waals surface area (Å²) in [7, 11) is 0. The van der Waals surface area contributed by atoms with E-state index in [1.165, 1.54) is 25.1 Å². The summed E-state index contributed by atoms with van der Waals surface area (Å²) in [5.41, 5.74) is -0.176. The van der Waals surface area contributed by atoms with Gasteiger partial charge in [-0.2, -0.15) is 0 Å². The van der Waals surface area contributed by atoms with E-state index in [9.17, 15) is 39.9 Å². The maximum Gasteiger partial charge on any atom is 0.272 e. The molecule has 11 heteroatoms. The van der Waals surface area contributed by atoms with Gasteiger partial charge in [0.15, 0.2) is 11.4 Å². The number of phenolic OH excluding ortho intramolecular Hbond substituents is 1. The predicted octanol–water partition coefficient (Wildman–Crippen LogP) is -0.189. The molecule has 5 atom stereocenters. The van der Waals surface area contributed by atoms with Crippen LogP contribution in [0.3, 0.4) is 0 Å². The molecule has 0 saturated heterocycles. The summed E-state index contributed by atoms with van der Waals surface area (Å²) in [5.74, 6) is -8.44. The smallest absolute Gasteiger partial charge is 0.272 e. The van der Waals surface area contributed by atoms with Crippen molar-refractivity contribution in [3.63, 3.8) is 0 Å². The number of halogens is 1. The van der Waals surface area contributed by atoms with Crippen LogP contribution in [0.2, 0.25) is 0 Å². The molecule has 0 bridgehead atoms. The van der Waals surface area contributed by atoms with Gasteiger partial charge in [0.1, 0.15) is 22.8 Å². The van der Waals surface area contributed by atoms with Crippen molar-refractivity contribution in [3.8, 4) is 5.75 Å². The topological polar surface area (TPSA) is 190 Å². The van der Waals surface area contributed by atoms with Gasteiger partial charge in [0.2, 0.25) is 5.78 Å². The molecule has 8 N–H and O–H groups in total. The first-order chi connectivity index (χ1) is 14.4. The molecule has 1 aromatic rings. The van der Waals surface area contributed by atoms with Crippen molar-refractivity contribution >= 4 is 35.0 Å². The number of rotatable bonds is 1. The molecule has 0 aliphatic heterocycles. The lowest BCUT2D eigenvalue weighted by molar-refractivity contribution is -0.154. The van der Waals surface area contributed by atoms with E-state index in [2.05, 4.69) is 0 Å². The average Bonchev–Trinajstić information content (AvgIpc) is 2.72. The maximum atomic E-state index is 13.5. The molecular weight excluding hydrogens is 432 g/mol. The van der Waals surface area contributed by atoms with Crippen molar-refractivity contribution in [2.45, 2.75) is 30.6 Å². The van der Waals surface area contributed by atoms with Crippen LogP contribution < -0.4 is 10.6 Å². The summed E-state index contributed by atoms with van der Waals surface area (Å²) < 4.78 is 0. The normalized spacial score (nSPS) is 34.8. The molecule has 31 heavy (non-hydrogen) atoms. The lowest BCUT2D eigenvalue weighted by Crippen LogP contribution is -2.66. The third-order valence-electron chi connectivity index (χ3n) is 6.62. The summed E-state index contributed by atoms with van der Waals surface area (Å²) in [5, 5.41) is 54.3. The Labute approximate surface area is 180 Å². The highest BCUT2D eigenvalue weighted by Crippen LogP contribution is 2.56. The molecule has 1 fully saturated rings. The van der Waals surface area contributed by atoms with Gasteiger partial charge in [-0.3, -0.25) is 19.2 Å². The summed E-state index contributed by atoms with van der Waals surface area (Å²) >= 11 is 5.25. The predicted molar refractivity (Wildman–Crippen MR) is 105 cm³/mol. The van der Waals surface area contributed by atoms with Crippen molar-refractivity contribution in [1.29, 1.82) is 0 Å². The van der Waals surface area contributed by atoms with Crippen molar-refractivity contribution in [2.75, 3.05) is 0 Å². The zero-order chi connectivity index (χ0) is 23.0. The number of hydrogen-bond acceptors (Lipinski definition) is 9. The third-order valence-corrected chi connectivity index (χ3v) is 6.79. The number of benzene rings is 1. The molecule has 1 saturated carbocycles. The molecular formula is C20H19ClN2O8. The number of aliphatic hydroxyl groups is 4. The highest BCUT2D eigenvalue weighted by molar-refractivity contribution is 6.32. The fraction of sp³-hybridized carbons (Fsp3) is 0.350. The first-order valence-corrected chi connectivity index (χ1v) is 9.68. The summed E-state index contributed by atoms with van der Waals surface area (Å²) in [6, 6.07) is 2.56.